The number of benzene rings is 2. The Morgan fingerprint density at radius 3 is 2.64 bits per heavy atom. The Balaban J connectivity index is 0.00000182. The van der Waals surface area contributed by atoms with Crippen LogP contribution in [0.1, 0.15) is 41.5 Å². The maximum absolute atomic E-state index is 13.6. The SMILES string of the molecule is Cl.O=C(NCc1ccc2c(c1)CNC2)C1(c2cccc(F)c2)CCC1. The summed E-state index contributed by atoms with van der Waals surface area (Å²) >= 11 is 0. The van der Waals surface area contributed by atoms with Crippen LogP contribution in [0.2, 0.25) is 0 Å². The maximum atomic E-state index is 13.6. The van der Waals surface area contributed by atoms with E-state index in [1.807, 2.05) is 6.07 Å². The van der Waals surface area contributed by atoms with Gasteiger partial charge in [0.2, 0.25) is 5.91 Å². The first kappa shape index (κ1) is 17.9. The van der Waals surface area contributed by atoms with Crippen molar-refractivity contribution in [2.75, 3.05) is 0 Å². The van der Waals surface area contributed by atoms with E-state index >= 15 is 0 Å². The van der Waals surface area contributed by atoms with E-state index in [1.54, 1.807) is 6.07 Å². The molecule has 132 valence electrons. The monoisotopic (exact) mass is 360 g/mol. The molecule has 3 nitrogen and oxygen atoms in total. The number of hydrogen-bond acceptors (Lipinski definition) is 2. The average molecular weight is 361 g/mol. The molecule has 1 heterocycles. The molecule has 0 atom stereocenters. The molecule has 1 fully saturated rings. The van der Waals surface area contributed by atoms with Gasteiger partial charge in [-0.2, -0.15) is 0 Å². The van der Waals surface area contributed by atoms with E-state index in [4.69, 9.17) is 0 Å². The smallest absolute Gasteiger partial charge is 0.230 e. The highest BCUT2D eigenvalue weighted by Gasteiger charge is 2.45. The fraction of sp³-hybridized carbons (Fsp3) is 0.350. The van der Waals surface area contributed by atoms with E-state index in [2.05, 4.69) is 28.8 Å². The van der Waals surface area contributed by atoms with Gasteiger partial charge in [-0.25, -0.2) is 4.39 Å². The van der Waals surface area contributed by atoms with Crippen LogP contribution in [0.25, 0.3) is 0 Å². The highest BCUT2D eigenvalue weighted by atomic mass is 35.5. The minimum Gasteiger partial charge on any atom is -0.351 e. The third-order valence-corrected chi connectivity index (χ3v) is 5.37. The summed E-state index contributed by atoms with van der Waals surface area (Å²) in [5.74, 6) is -0.268. The summed E-state index contributed by atoms with van der Waals surface area (Å²) < 4.78 is 13.6. The van der Waals surface area contributed by atoms with Gasteiger partial charge in [-0.05, 0) is 47.2 Å². The van der Waals surface area contributed by atoms with E-state index in [0.29, 0.717) is 6.54 Å². The van der Waals surface area contributed by atoms with Crippen LogP contribution >= 0.6 is 12.4 Å². The summed E-state index contributed by atoms with van der Waals surface area (Å²) in [7, 11) is 0. The molecule has 0 spiro atoms. The molecule has 1 saturated carbocycles. The van der Waals surface area contributed by atoms with Crippen molar-refractivity contribution in [3.05, 3.63) is 70.5 Å². The average Bonchev–Trinajstić information content (AvgIpc) is 2.99. The molecule has 4 rings (SSSR count). The summed E-state index contributed by atoms with van der Waals surface area (Å²) in [4.78, 5) is 12.8. The largest absolute Gasteiger partial charge is 0.351 e. The first-order valence-corrected chi connectivity index (χ1v) is 8.53. The lowest BCUT2D eigenvalue weighted by Crippen LogP contribution is -2.49. The number of amides is 1. The first-order valence-electron chi connectivity index (χ1n) is 8.53. The van der Waals surface area contributed by atoms with Gasteiger partial charge in [-0.3, -0.25) is 4.79 Å². The molecule has 2 aromatic carbocycles. The van der Waals surface area contributed by atoms with Crippen LogP contribution in [0.4, 0.5) is 4.39 Å². The molecule has 2 N–H and O–H groups in total. The van der Waals surface area contributed by atoms with Crippen molar-refractivity contribution < 1.29 is 9.18 Å². The lowest BCUT2D eigenvalue weighted by atomic mass is 9.64. The van der Waals surface area contributed by atoms with Crippen molar-refractivity contribution in [1.29, 1.82) is 0 Å². The molecule has 25 heavy (non-hydrogen) atoms. The quantitative estimate of drug-likeness (QED) is 0.874. The van der Waals surface area contributed by atoms with Crippen LogP contribution in [0, 0.1) is 5.82 Å². The number of nitrogens with one attached hydrogen (secondary N) is 2. The van der Waals surface area contributed by atoms with Crippen LogP contribution < -0.4 is 10.6 Å². The molecule has 2 aliphatic rings. The van der Waals surface area contributed by atoms with Gasteiger partial charge in [0.15, 0.2) is 0 Å². The molecule has 0 saturated heterocycles. The number of halogens is 2. The minimum atomic E-state index is -0.555. The van der Waals surface area contributed by atoms with Gasteiger partial charge in [0.1, 0.15) is 5.82 Å². The van der Waals surface area contributed by atoms with Gasteiger partial charge >= 0.3 is 0 Å². The third-order valence-electron chi connectivity index (χ3n) is 5.37. The molecule has 0 radical (unpaired) electrons. The molecule has 5 heteroatoms. The van der Waals surface area contributed by atoms with Crippen molar-refractivity contribution in [3.63, 3.8) is 0 Å². The molecule has 0 aromatic heterocycles. The lowest BCUT2D eigenvalue weighted by molar-refractivity contribution is -0.130. The molecule has 1 aliphatic heterocycles. The Hall–Kier alpha value is -1.91. The summed E-state index contributed by atoms with van der Waals surface area (Å²) in [6, 6.07) is 12.8. The van der Waals surface area contributed by atoms with Gasteiger partial charge in [-0.15, -0.1) is 12.4 Å². The van der Waals surface area contributed by atoms with Crippen LogP contribution in [0.3, 0.4) is 0 Å². The minimum absolute atomic E-state index is 0. The zero-order valence-corrected chi connectivity index (χ0v) is 14.8. The summed E-state index contributed by atoms with van der Waals surface area (Å²) in [6.45, 7) is 2.33. The number of carbonyl (C=O) groups is 1. The van der Waals surface area contributed by atoms with Gasteiger partial charge < -0.3 is 10.6 Å². The zero-order valence-electron chi connectivity index (χ0n) is 14.0. The third kappa shape index (κ3) is 3.29. The van der Waals surface area contributed by atoms with E-state index in [0.717, 1.165) is 43.5 Å². The predicted molar refractivity (Wildman–Crippen MR) is 98.0 cm³/mol. The highest BCUT2D eigenvalue weighted by molar-refractivity contribution is 5.89. The molecule has 1 amide bonds. The number of carbonyl (C=O) groups excluding carboxylic acids is 1. The second-order valence-corrected chi connectivity index (χ2v) is 6.84. The Kier molecular flexibility index (Phi) is 5.11. The van der Waals surface area contributed by atoms with Crippen molar-refractivity contribution in [1.82, 2.24) is 10.6 Å². The van der Waals surface area contributed by atoms with Gasteiger partial charge in [0.05, 0.1) is 5.41 Å². The number of hydrogen-bond donors (Lipinski definition) is 2. The zero-order chi connectivity index (χ0) is 16.6. The molecule has 0 bridgehead atoms. The molecule has 2 aromatic rings. The van der Waals surface area contributed by atoms with Gasteiger partial charge in [-0.1, -0.05) is 36.8 Å². The second-order valence-electron chi connectivity index (χ2n) is 6.84. The van der Waals surface area contributed by atoms with Crippen molar-refractivity contribution in [2.45, 2.75) is 44.3 Å². The second kappa shape index (κ2) is 7.14. The summed E-state index contributed by atoms with van der Waals surface area (Å²) in [5.41, 5.74) is 4.00. The standard InChI is InChI=1S/C20H21FN2O.ClH/c21-18-4-1-3-17(10-18)20(7-2-8-20)19(24)23-11-14-5-6-15-12-22-13-16(15)9-14;/h1,3-6,9-10,22H,2,7-8,11-13H2,(H,23,24);1H. The van der Waals surface area contributed by atoms with Crippen molar-refractivity contribution in [2.24, 2.45) is 0 Å². The number of rotatable bonds is 4. The fourth-order valence-electron chi connectivity index (χ4n) is 3.77. The topological polar surface area (TPSA) is 41.1 Å². The highest BCUT2D eigenvalue weighted by Crippen LogP contribution is 2.44. The van der Waals surface area contributed by atoms with Gasteiger partial charge in [0, 0.05) is 19.6 Å². The summed E-state index contributed by atoms with van der Waals surface area (Å²) in [6.07, 6.45) is 2.58. The Morgan fingerprint density at radius 1 is 1.12 bits per heavy atom. The van der Waals surface area contributed by atoms with E-state index in [1.165, 1.54) is 23.3 Å². The summed E-state index contributed by atoms with van der Waals surface area (Å²) in [5, 5.41) is 6.40. The van der Waals surface area contributed by atoms with Crippen molar-refractivity contribution in [3.8, 4) is 0 Å². The Morgan fingerprint density at radius 2 is 1.92 bits per heavy atom. The van der Waals surface area contributed by atoms with Crippen molar-refractivity contribution >= 4 is 18.3 Å². The van der Waals surface area contributed by atoms with Gasteiger partial charge in [0.25, 0.3) is 0 Å². The molecule has 1 aliphatic carbocycles. The number of fused-ring (bicyclic) bond motifs is 1. The molecule has 0 unspecified atom stereocenters. The van der Waals surface area contributed by atoms with Crippen LogP contribution in [-0.4, -0.2) is 5.91 Å². The van der Waals surface area contributed by atoms with Crippen LogP contribution in [0.5, 0.6) is 0 Å². The van der Waals surface area contributed by atoms with E-state index in [9.17, 15) is 9.18 Å². The molecular weight excluding hydrogens is 339 g/mol. The Bertz CT molecular complexity index is 789. The predicted octanol–water partition coefficient (Wildman–Crippen LogP) is 3.59. The van der Waals surface area contributed by atoms with Crippen LogP contribution in [-0.2, 0) is 29.8 Å². The molecular formula is C20H22ClFN2O. The van der Waals surface area contributed by atoms with E-state index in [-0.39, 0.29) is 24.1 Å². The Labute approximate surface area is 153 Å². The normalized spacial score (nSPS) is 17.2. The lowest BCUT2D eigenvalue weighted by Gasteiger charge is -2.40. The fourth-order valence-corrected chi connectivity index (χ4v) is 3.77. The maximum Gasteiger partial charge on any atom is 0.230 e. The van der Waals surface area contributed by atoms with Crippen LogP contribution in [0.15, 0.2) is 42.5 Å². The van der Waals surface area contributed by atoms with E-state index < -0.39 is 5.41 Å². The first-order chi connectivity index (χ1) is 11.7.